The van der Waals surface area contributed by atoms with Gasteiger partial charge in [0.1, 0.15) is 0 Å². The Kier molecular flexibility index (Phi) is 7.98. The highest BCUT2D eigenvalue weighted by Gasteiger charge is 2.22. The molecule has 0 unspecified atom stereocenters. The van der Waals surface area contributed by atoms with Gasteiger partial charge in [0.25, 0.3) is 0 Å². The standard InChI is InChI=1S/C18H37N3O2/c1-17(2,3)16(22)19-9-13-23-14-12-21-10-7-15(8-11-21)20-18(4,5)6/h15,20H,7-14H2,1-6H3,(H,19,22). The predicted molar refractivity (Wildman–Crippen MR) is 95.6 cm³/mol. The van der Waals surface area contributed by atoms with E-state index in [0.717, 1.165) is 26.2 Å². The van der Waals surface area contributed by atoms with E-state index in [-0.39, 0.29) is 16.9 Å². The first-order valence-electron chi connectivity index (χ1n) is 8.94. The van der Waals surface area contributed by atoms with Gasteiger partial charge in [0.05, 0.1) is 13.2 Å². The van der Waals surface area contributed by atoms with Crippen molar-refractivity contribution < 1.29 is 9.53 Å². The first-order chi connectivity index (χ1) is 10.6. The minimum Gasteiger partial charge on any atom is -0.378 e. The number of hydrogen-bond donors (Lipinski definition) is 2. The molecule has 1 rings (SSSR count). The van der Waals surface area contributed by atoms with Crippen LogP contribution in [0.4, 0.5) is 0 Å². The van der Waals surface area contributed by atoms with Gasteiger partial charge in [0.2, 0.25) is 5.91 Å². The van der Waals surface area contributed by atoms with Crippen LogP contribution in [-0.2, 0) is 9.53 Å². The van der Waals surface area contributed by atoms with Gasteiger partial charge in [0, 0.05) is 30.1 Å². The average molecular weight is 328 g/mol. The molecule has 1 saturated heterocycles. The third-order valence-corrected chi connectivity index (χ3v) is 3.99. The van der Waals surface area contributed by atoms with Gasteiger partial charge < -0.3 is 20.3 Å². The summed E-state index contributed by atoms with van der Waals surface area (Å²) in [5.74, 6) is 0.0783. The van der Waals surface area contributed by atoms with Crippen LogP contribution in [0.3, 0.4) is 0 Å². The lowest BCUT2D eigenvalue weighted by Crippen LogP contribution is -2.49. The quantitative estimate of drug-likeness (QED) is 0.703. The molecule has 0 saturated carbocycles. The SMILES string of the molecule is CC(C)(C)NC1CCN(CCOCCNC(=O)C(C)(C)C)CC1. The molecule has 23 heavy (non-hydrogen) atoms. The minimum absolute atomic E-state index is 0.0783. The summed E-state index contributed by atoms with van der Waals surface area (Å²) in [6.07, 6.45) is 2.41. The second-order valence-corrected chi connectivity index (χ2v) is 8.63. The number of rotatable bonds is 7. The van der Waals surface area contributed by atoms with E-state index in [1.54, 1.807) is 0 Å². The average Bonchev–Trinajstić information content (AvgIpc) is 2.41. The minimum atomic E-state index is -0.328. The fourth-order valence-electron chi connectivity index (χ4n) is 2.71. The summed E-state index contributed by atoms with van der Waals surface area (Å²) in [6, 6.07) is 0.639. The van der Waals surface area contributed by atoms with Crippen LogP contribution in [0, 0.1) is 5.41 Å². The molecule has 1 aliphatic heterocycles. The molecule has 136 valence electrons. The summed E-state index contributed by atoms with van der Waals surface area (Å²) in [4.78, 5) is 14.2. The molecule has 5 nitrogen and oxygen atoms in total. The second-order valence-electron chi connectivity index (χ2n) is 8.63. The fourth-order valence-corrected chi connectivity index (χ4v) is 2.71. The summed E-state index contributed by atoms with van der Waals surface area (Å²) < 4.78 is 5.63. The Morgan fingerprint density at radius 1 is 1.09 bits per heavy atom. The highest BCUT2D eigenvalue weighted by molar-refractivity contribution is 5.81. The molecule has 1 fully saturated rings. The van der Waals surface area contributed by atoms with Gasteiger partial charge in [-0.15, -0.1) is 0 Å². The van der Waals surface area contributed by atoms with Crippen LogP contribution in [0.1, 0.15) is 54.4 Å². The Balaban J connectivity index is 2.03. The third-order valence-electron chi connectivity index (χ3n) is 3.99. The summed E-state index contributed by atoms with van der Waals surface area (Å²) in [5, 5.41) is 6.59. The summed E-state index contributed by atoms with van der Waals surface area (Å²) in [7, 11) is 0. The molecule has 0 spiro atoms. The lowest BCUT2D eigenvalue weighted by atomic mass is 9.96. The molecular weight excluding hydrogens is 290 g/mol. The van der Waals surface area contributed by atoms with E-state index in [2.05, 4.69) is 36.3 Å². The van der Waals surface area contributed by atoms with Gasteiger partial charge in [-0.25, -0.2) is 0 Å². The van der Waals surface area contributed by atoms with Crippen LogP contribution in [-0.4, -0.2) is 61.8 Å². The van der Waals surface area contributed by atoms with E-state index >= 15 is 0 Å². The van der Waals surface area contributed by atoms with Crippen LogP contribution >= 0.6 is 0 Å². The second kappa shape index (κ2) is 9.00. The zero-order valence-corrected chi connectivity index (χ0v) is 16.0. The van der Waals surface area contributed by atoms with E-state index in [1.165, 1.54) is 12.8 Å². The Bertz CT molecular complexity index is 350. The lowest BCUT2D eigenvalue weighted by Gasteiger charge is -2.36. The molecule has 2 N–H and O–H groups in total. The molecule has 0 bridgehead atoms. The summed E-state index contributed by atoms with van der Waals surface area (Å²) >= 11 is 0. The zero-order chi connectivity index (χ0) is 17.5. The highest BCUT2D eigenvalue weighted by Crippen LogP contribution is 2.14. The monoisotopic (exact) mass is 327 g/mol. The van der Waals surface area contributed by atoms with Gasteiger partial charge in [-0.2, -0.15) is 0 Å². The summed E-state index contributed by atoms with van der Waals surface area (Å²) in [6.45, 7) is 17.6. The van der Waals surface area contributed by atoms with Gasteiger partial charge in [0.15, 0.2) is 0 Å². The van der Waals surface area contributed by atoms with E-state index in [4.69, 9.17) is 4.74 Å². The van der Waals surface area contributed by atoms with Crippen molar-refractivity contribution in [3.8, 4) is 0 Å². The molecule has 1 aliphatic rings. The van der Waals surface area contributed by atoms with Crippen LogP contribution < -0.4 is 10.6 Å². The summed E-state index contributed by atoms with van der Waals surface area (Å²) in [5.41, 5.74) is -0.126. The molecule has 5 heteroatoms. The molecule has 0 aromatic heterocycles. The number of likely N-dealkylation sites (tertiary alicyclic amines) is 1. The van der Waals surface area contributed by atoms with Crippen LogP contribution in [0.5, 0.6) is 0 Å². The number of piperidine rings is 1. The number of ether oxygens (including phenoxy) is 1. The van der Waals surface area contributed by atoms with Gasteiger partial charge in [-0.05, 0) is 46.7 Å². The molecule has 0 aromatic rings. The first-order valence-corrected chi connectivity index (χ1v) is 8.94. The third kappa shape index (κ3) is 9.28. The van der Waals surface area contributed by atoms with Gasteiger partial charge >= 0.3 is 0 Å². The maximum Gasteiger partial charge on any atom is 0.225 e. The number of nitrogens with one attached hydrogen (secondary N) is 2. The van der Waals surface area contributed by atoms with E-state index < -0.39 is 0 Å². The van der Waals surface area contributed by atoms with Crippen molar-refractivity contribution in [3.63, 3.8) is 0 Å². The molecular formula is C18H37N3O2. The smallest absolute Gasteiger partial charge is 0.225 e. The van der Waals surface area contributed by atoms with E-state index in [9.17, 15) is 4.79 Å². The lowest BCUT2D eigenvalue weighted by molar-refractivity contribution is -0.128. The predicted octanol–water partition coefficient (Wildman–Crippen LogP) is 2.02. The van der Waals surface area contributed by atoms with Crippen molar-refractivity contribution in [2.24, 2.45) is 5.41 Å². The van der Waals surface area contributed by atoms with Crippen LogP contribution in [0.25, 0.3) is 0 Å². The Morgan fingerprint density at radius 3 is 2.22 bits per heavy atom. The molecule has 0 atom stereocenters. The Labute approximate surface area is 142 Å². The Morgan fingerprint density at radius 2 is 1.70 bits per heavy atom. The fraction of sp³-hybridized carbons (Fsp3) is 0.944. The number of carbonyl (C=O) groups excluding carboxylic acids is 1. The maximum atomic E-state index is 11.7. The highest BCUT2D eigenvalue weighted by atomic mass is 16.5. The number of carbonyl (C=O) groups is 1. The number of hydrogen-bond acceptors (Lipinski definition) is 4. The zero-order valence-electron chi connectivity index (χ0n) is 16.0. The normalized spacial score (nSPS) is 18.2. The molecule has 0 aromatic carbocycles. The topological polar surface area (TPSA) is 53.6 Å². The first kappa shape index (κ1) is 20.4. The maximum absolute atomic E-state index is 11.7. The van der Waals surface area contributed by atoms with Crippen molar-refractivity contribution in [1.82, 2.24) is 15.5 Å². The van der Waals surface area contributed by atoms with E-state index in [1.807, 2.05) is 20.8 Å². The van der Waals surface area contributed by atoms with Crippen molar-refractivity contribution in [3.05, 3.63) is 0 Å². The number of amides is 1. The van der Waals surface area contributed by atoms with Crippen molar-refractivity contribution >= 4 is 5.91 Å². The molecule has 0 aliphatic carbocycles. The van der Waals surface area contributed by atoms with Crippen LogP contribution in [0.15, 0.2) is 0 Å². The van der Waals surface area contributed by atoms with E-state index in [0.29, 0.717) is 19.2 Å². The largest absolute Gasteiger partial charge is 0.378 e. The number of nitrogens with zero attached hydrogens (tertiary/aromatic N) is 1. The van der Waals surface area contributed by atoms with Crippen LogP contribution in [0.2, 0.25) is 0 Å². The van der Waals surface area contributed by atoms with Crippen molar-refractivity contribution in [1.29, 1.82) is 0 Å². The Hall–Kier alpha value is -0.650. The van der Waals surface area contributed by atoms with Crippen molar-refractivity contribution in [2.75, 3.05) is 39.4 Å². The van der Waals surface area contributed by atoms with Gasteiger partial charge in [-0.1, -0.05) is 20.8 Å². The van der Waals surface area contributed by atoms with Crippen molar-refractivity contribution in [2.45, 2.75) is 66.0 Å². The molecule has 0 radical (unpaired) electrons. The molecule has 1 heterocycles. The molecule has 1 amide bonds. The van der Waals surface area contributed by atoms with Gasteiger partial charge in [-0.3, -0.25) is 4.79 Å².